The fraction of sp³-hybridized carbons (Fsp3) is 1.00. The molecule has 0 radical (unpaired) electrons. The summed E-state index contributed by atoms with van der Waals surface area (Å²) in [5, 5.41) is 17.9. The molecule has 2 fully saturated rings. The lowest BCUT2D eigenvalue weighted by molar-refractivity contribution is -0.218. The highest BCUT2D eigenvalue weighted by Gasteiger charge is 2.24. The van der Waals surface area contributed by atoms with Crippen molar-refractivity contribution < 1.29 is 29.2 Å². The van der Waals surface area contributed by atoms with Crippen molar-refractivity contribution in [3.8, 4) is 0 Å². The first-order chi connectivity index (χ1) is 13.7. The molecule has 0 aliphatic carbocycles. The minimum absolute atomic E-state index is 0.0613. The normalized spacial score (nSPS) is 27.4. The Balaban J connectivity index is 0.000000280. The Kier molecular flexibility index (Phi) is 16.2. The third-order valence-corrected chi connectivity index (χ3v) is 5.05. The summed E-state index contributed by atoms with van der Waals surface area (Å²) < 4.78 is 21.5. The minimum atomic E-state index is -0.425. The Hall–Kier alpha value is -0.240. The molecule has 0 aromatic heterocycles. The van der Waals surface area contributed by atoms with Crippen molar-refractivity contribution in [3.05, 3.63) is 0 Å². The standard InChI is InChI=1S/2C11H22O3/c1-2-3-4-5-6-7-11-13-8-10(12)9-14-11;1-2-3-4-5-6-7-11-13-9-10(8-12)14-11/h2*10-12H,2-9H2,1H3. The van der Waals surface area contributed by atoms with E-state index in [4.69, 9.17) is 29.2 Å². The van der Waals surface area contributed by atoms with Gasteiger partial charge >= 0.3 is 0 Å². The quantitative estimate of drug-likeness (QED) is 0.449. The molecular weight excluding hydrogens is 360 g/mol. The van der Waals surface area contributed by atoms with E-state index in [0.29, 0.717) is 19.8 Å². The zero-order valence-corrected chi connectivity index (χ0v) is 18.2. The Morgan fingerprint density at radius 3 is 1.68 bits per heavy atom. The van der Waals surface area contributed by atoms with Gasteiger partial charge in [0.05, 0.1) is 26.4 Å². The molecule has 2 aliphatic heterocycles. The van der Waals surface area contributed by atoms with Gasteiger partial charge in [0.15, 0.2) is 12.6 Å². The van der Waals surface area contributed by atoms with Gasteiger partial charge in [-0.1, -0.05) is 65.2 Å². The molecule has 2 saturated heterocycles. The van der Waals surface area contributed by atoms with Crippen LogP contribution in [0.2, 0.25) is 0 Å². The van der Waals surface area contributed by atoms with Crippen molar-refractivity contribution in [2.45, 2.75) is 116 Å². The minimum Gasteiger partial charge on any atom is -0.394 e. The van der Waals surface area contributed by atoms with Crippen LogP contribution in [-0.4, -0.2) is 61.4 Å². The lowest BCUT2D eigenvalue weighted by atomic mass is 10.1. The van der Waals surface area contributed by atoms with E-state index in [2.05, 4.69) is 13.8 Å². The van der Waals surface area contributed by atoms with Crippen molar-refractivity contribution in [3.63, 3.8) is 0 Å². The van der Waals surface area contributed by atoms with Crippen molar-refractivity contribution in [1.29, 1.82) is 0 Å². The van der Waals surface area contributed by atoms with E-state index < -0.39 is 6.10 Å². The second-order valence-corrected chi connectivity index (χ2v) is 7.86. The average Bonchev–Trinajstić information content (AvgIpc) is 3.18. The van der Waals surface area contributed by atoms with E-state index in [0.717, 1.165) is 12.8 Å². The molecule has 6 nitrogen and oxygen atoms in total. The molecule has 2 unspecified atom stereocenters. The maximum absolute atomic E-state index is 9.12. The van der Waals surface area contributed by atoms with Crippen LogP contribution in [-0.2, 0) is 18.9 Å². The number of hydrogen-bond donors (Lipinski definition) is 2. The molecular formula is C22H44O6. The molecule has 2 heterocycles. The van der Waals surface area contributed by atoms with Gasteiger partial charge in [-0.15, -0.1) is 0 Å². The molecule has 2 rings (SSSR count). The van der Waals surface area contributed by atoms with Crippen LogP contribution in [0.1, 0.15) is 90.9 Å². The van der Waals surface area contributed by atoms with E-state index in [1.165, 1.54) is 64.2 Å². The highest BCUT2D eigenvalue weighted by atomic mass is 16.7. The smallest absolute Gasteiger partial charge is 0.158 e. The Morgan fingerprint density at radius 1 is 0.679 bits per heavy atom. The molecule has 0 saturated carbocycles. The van der Waals surface area contributed by atoms with Crippen molar-refractivity contribution in [1.82, 2.24) is 0 Å². The number of aliphatic hydroxyl groups excluding tert-OH is 2. The summed E-state index contributed by atoms with van der Waals surface area (Å²) in [7, 11) is 0. The van der Waals surface area contributed by atoms with Gasteiger partial charge in [0, 0.05) is 0 Å². The SMILES string of the molecule is CCCCCCCC1OCC(CO)O1.CCCCCCCC1OCC(O)CO1. The molecule has 6 heteroatoms. The molecule has 0 spiro atoms. The predicted molar refractivity (Wildman–Crippen MR) is 110 cm³/mol. The first kappa shape index (κ1) is 25.8. The summed E-state index contributed by atoms with van der Waals surface area (Å²) in [5.74, 6) is 0. The first-order valence-electron chi connectivity index (χ1n) is 11.5. The highest BCUT2D eigenvalue weighted by molar-refractivity contribution is 4.64. The molecule has 0 bridgehead atoms. The fourth-order valence-electron chi connectivity index (χ4n) is 3.28. The average molecular weight is 405 g/mol. The fourth-order valence-corrected chi connectivity index (χ4v) is 3.28. The van der Waals surface area contributed by atoms with E-state index >= 15 is 0 Å². The van der Waals surface area contributed by atoms with E-state index in [-0.39, 0.29) is 25.3 Å². The zero-order chi connectivity index (χ0) is 20.5. The van der Waals surface area contributed by atoms with Gasteiger partial charge in [-0.05, 0) is 25.7 Å². The van der Waals surface area contributed by atoms with Gasteiger partial charge in [-0.3, -0.25) is 0 Å². The largest absolute Gasteiger partial charge is 0.394 e. The first-order valence-corrected chi connectivity index (χ1v) is 11.5. The molecule has 0 amide bonds. The van der Waals surface area contributed by atoms with Crippen LogP contribution in [0.25, 0.3) is 0 Å². The number of rotatable bonds is 13. The molecule has 168 valence electrons. The molecule has 0 aromatic carbocycles. The van der Waals surface area contributed by atoms with E-state index in [1.807, 2.05) is 0 Å². The second-order valence-electron chi connectivity index (χ2n) is 7.86. The number of unbranched alkanes of at least 4 members (excludes halogenated alkanes) is 8. The molecule has 0 aromatic rings. The number of ether oxygens (including phenoxy) is 4. The molecule has 28 heavy (non-hydrogen) atoms. The monoisotopic (exact) mass is 404 g/mol. The van der Waals surface area contributed by atoms with Gasteiger partial charge in [-0.25, -0.2) is 0 Å². The van der Waals surface area contributed by atoms with Crippen molar-refractivity contribution >= 4 is 0 Å². The van der Waals surface area contributed by atoms with Crippen LogP contribution in [0.4, 0.5) is 0 Å². The summed E-state index contributed by atoms with van der Waals surface area (Å²) in [6, 6.07) is 0. The summed E-state index contributed by atoms with van der Waals surface area (Å²) in [6.07, 6.45) is 14.0. The molecule has 2 atom stereocenters. The van der Waals surface area contributed by atoms with Crippen molar-refractivity contribution in [2.75, 3.05) is 26.4 Å². The molecule has 2 aliphatic rings. The Morgan fingerprint density at radius 2 is 1.18 bits per heavy atom. The third kappa shape index (κ3) is 13.1. The van der Waals surface area contributed by atoms with Crippen LogP contribution in [0, 0.1) is 0 Å². The summed E-state index contributed by atoms with van der Waals surface area (Å²) in [4.78, 5) is 0. The van der Waals surface area contributed by atoms with Crippen molar-refractivity contribution in [2.24, 2.45) is 0 Å². The number of aliphatic hydroxyl groups is 2. The van der Waals surface area contributed by atoms with Gasteiger partial charge in [0.1, 0.15) is 12.2 Å². The van der Waals surface area contributed by atoms with E-state index in [9.17, 15) is 0 Å². The van der Waals surface area contributed by atoms with Gasteiger partial charge in [0.2, 0.25) is 0 Å². The Bertz CT molecular complexity index is 321. The summed E-state index contributed by atoms with van der Waals surface area (Å²) in [5.41, 5.74) is 0. The van der Waals surface area contributed by atoms with Crippen LogP contribution >= 0.6 is 0 Å². The number of hydrogen-bond acceptors (Lipinski definition) is 6. The summed E-state index contributed by atoms with van der Waals surface area (Å²) >= 11 is 0. The zero-order valence-electron chi connectivity index (χ0n) is 18.2. The second kappa shape index (κ2) is 17.6. The van der Waals surface area contributed by atoms with Crippen LogP contribution in [0.5, 0.6) is 0 Å². The maximum atomic E-state index is 9.12. The van der Waals surface area contributed by atoms with Gasteiger partial charge < -0.3 is 29.2 Å². The third-order valence-electron chi connectivity index (χ3n) is 5.05. The van der Waals surface area contributed by atoms with Crippen LogP contribution in [0.3, 0.4) is 0 Å². The van der Waals surface area contributed by atoms with E-state index in [1.54, 1.807) is 0 Å². The summed E-state index contributed by atoms with van der Waals surface area (Å²) in [6.45, 7) is 5.92. The lowest BCUT2D eigenvalue weighted by Crippen LogP contribution is -2.35. The molecule has 2 N–H and O–H groups in total. The lowest BCUT2D eigenvalue weighted by Gasteiger charge is -2.26. The van der Waals surface area contributed by atoms with Crippen LogP contribution < -0.4 is 0 Å². The maximum Gasteiger partial charge on any atom is 0.158 e. The topological polar surface area (TPSA) is 77.4 Å². The van der Waals surface area contributed by atoms with Crippen LogP contribution in [0.15, 0.2) is 0 Å². The van der Waals surface area contributed by atoms with Gasteiger partial charge in [0.25, 0.3) is 0 Å². The van der Waals surface area contributed by atoms with Gasteiger partial charge in [-0.2, -0.15) is 0 Å². The Labute approximate surface area is 171 Å². The predicted octanol–water partition coefficient (Wildman–Crippen LogP) is 4.16. The highest BCUT2D eigenvalue weighted by Crippen LogP contribution is 2.17.